The van der Waals surface area contributed by atoms with Gasteiger partial charge in [-0.25, -0.2) is 0 Å². The first-order chi connectivity index (χ1) is 5.18. The standard InChI is InChI=1S/C9H17NO/c1-4-5-6-7-8-10(3)9(2)11/h4H,1,5-8H2,2-3H3. The lowest BCUT2D eigenvalue weighted by Crippen LogP contribution is -2.24. The van der Waals surface area contributed by atoms with E-state index < -0.39 is 0 Å². The van der Waals surface area contributed by atoms with E-state index in [0.717, 1.165) is 25.8 Å². The highest BCUT2D eigenvalue weighted by atomic mass is 16.2. The molecule has 0 fully saturated rings. The van der Waals surface area contributed by atoms with Crippen LogP contribution >= 0.6 is 0 Å². The fraction of sp³-hybridized carbons (Fsp3) is 0.667. The van der Waals surface area contributed by atoms with Gasteiger partial charge >= 0.3 is 0 Å². The van der Waals surface area contributed by atoms with Gasteiger partial charge in [0.2, 0.25) is 5.91 Å². The summed E-state index contributed by atoms with van der Waals surface area (Å²) in [7, 11) is 1.83. The number of amides is 1. The van der Waals surface area contributed by atoms with Crippen molar-refractivity contribution >= 4 is 5.91 Å². The summed E-state index contributed by atoms with van der Waals surface area (Å²) in [6.07, 6.45) is 5.16. The Kier molecular flexibility index (Phi) is 5.53. The molecular weight excluding hydrogens is 138 g/mol. The zero-order chi connectivity index (χ0) is 8.69. The number of carbonyl (C=O) groups excluding carboxylic acids is 1. The topological polar surface area (TPSA) is 20.3 Å². The first kappa shape index (κ1) is 10.2. The Hall–Kier alpha value is -0.790. The molecule has 11 heavy (non-hydrogen) atoms. The predicted octanol–water partition coefficient (Wildman–Crippen LogP) is 1.82. The van der Waals surface area contributed by atoms with E-state index >= 15 is 0 Å². The molecule has 0 heterocycles. The number of rotatable bonds is 5. The van der Waals surface area contributed by atoms with E-state index in [9.17, 15) is 4.79 Å². The van der Waals surface area contributed by atoms with Crippen molar-refractivity contribution in [1.29, 1.82) is 0 Å². The quantitative estimate of drug-likeness (QED) is 0.438. The molecule has 0 N–H and O–H groups in total. The summed E-state index contributed by atoms with van der Waals surface area (Å²) in [4.78, 5) is 12.5. The van der Waals surface area contributed by atoms with Gasteiger partial charge in [0.05, 0.1) is 0 Å². The average Bonchev–Trinajstić information content (AvgIpc) is 1.97. The summed E-state index contributed by atoms with van der Waals surface area (Å²) in [6.45, 7) is 6.09. The van der Waals surface area contributed by atoms with E-state index in [1.54, 1.807) is 11.8 Å². The summed E-state index contributed by atoms with van der Waals surface area (Å²) in [5.41, 5.74) is 0. The normalized spacial score (nSPS) is 9.27. The van der Waals surface area contributed by atoms with Crippen LogP contribution in [0, 0.1) is 0 Å². The third-order valence-electron chi connectivity index (χ3n) is 1.69. The second-order valence-electron chi connectivity index (χ2n) is 2.73. The number of hydrogen-bond donors (Lipinski definition) is 0. The third-order valence-corrected chi connectivity index (χ3v) is 1.69. The van der Waals surface area contributed by atoms with Crippen LogP contribution in [0.15, 0.2) is 12.7 Å². The predicted molar refractivity (Wildman–Crippen MR) is 47.4 cm³/mol. The molecular formula is C9H17NO. The third kappa shape index (κ3) is 5.64. The Balaban J connectivity index is 3.24. The lowest BCUT2D eigenvalue weighted by molar-refractivity contribution is -0.127. The highest BCUT2D eigenvalue weighted by Gasteiger charge is 1.99. The fourth-order valence-corrected chi connectivity index (χ4v) is 0.795. The van der Waals surface area contributed by atoms with Crippen LogP contribution in [0.1, 0.15) is 26.2 Å². The van der Waals surface area contributed by atoms with Gasteiger partial charge in [-0.1, -0.05) is 6.08 Å². The lowest BCUT2D eigenvalue weighted by Gasteiger charge is -2.13. The molecule has 0 aromatic carbocycles. The highest BCUT2D eigenvalue weighted by molar-refractivity contribution is 5.72. The van der Waals surface area contributed by atoms with E-state index in [-0.39, 0.29) is 5.91 Å². The molecule has 2 heteroatoms. The molecule has 0 radical (unpaired) electrons. The van der Waals surface area contributed by atoms with Crippen molar-refractivity contribution in [2.24, 2.45) is 0 Å². The molecule has 0 aliphatic carbocycles. The zero-order valence-electron chi connectivity index (χ0n) is 7.47. The van der Waals surface area contributed by atoms with Gasteiger partial charge in [-0.15, -0.1) is 6.58 Å². The molecule has 64 valence electrons. The first-order valence-electron chi connectivity index (χ1n) is 4.01. The van der Waals surface area contributed by atoms with Gasteiger partial charge in [-0.2, -0.15) is 0 Å². The zero-order valence-corrected chi connectivity index (χ0v) is 7.47. The first-order valence-corrected chi connectivity index (χ1v) is 4.01. The van der Waals surface area contributed by atoms with Gasteiger partial charge in [0.25, 0.3) is 0 Å². The van der Waals surface area contributed by atoms with Gasteiger partial charge in [0.1, 0.15) is 0 Å². The average molecular weight is 155 g/mol. The molecule has 0 atom stereocenters. The monoisotopic (exact) mass is 155 g/mol. The Morgan fingerprint density at radius 1 is 1.55 bits per heavy atom. The van der Waals surface area contributed by atoms with Crippen LogP contribution in [-0.4, -0.2) is 24.4 Å². The molecule has 0 saturated heterocycles. The summed E-state index contributed by atoms with van der Waals surface area (Å²) in [6, 6.07) is 0. The van der Waals surface area contributed by atoms with Crippen molar-refractivity contribution in [2.45, 2.75) is 26.2 Å². The second-order valence-corrected chi connectivity index (χ2v) is 2.73. The van der Waals surface area contributed by atoms with E-state index in [2.05, 4.69) is 6.58 Å². The number of hydrogen-bond acceptors (Lipinski definition) is 1. The van der Waals surface area contributed by atoms with Crippen molar-refractivity contribution in [3.05, 3.63) is 12.7 Å². The lowest BCUT2D eigenvalue weighted by atomic mass is 10.2. The SMILES string of the molecule is C=CCCCCN(C)C(C)=O. The van der Waals surface area contributed by atoms with Gasteiger partial charge < -0.3 is 4.90 Å². The summed E-state index contributed by atoms with van der Waals surface area (Å²) < 4.78 is 0. The number of unbranched alkanes of at least 4 members (excludes halogenated alkanes) is 2. The van der Waals surface area contributed by atoms with Crippen molar-refractivity contribution in [3.8, 4) is 0 Å². The van der Waals surface area contributed by atoms with E-state index in [4.69, 9.17) is 0 Å². The highest BCUT2D eigenvalue weighted by Crippen LogP contribution is 1.97. The minimum Gasteiger partial charge on any atom is -0.346 e. The summed E-state index contributed by atoms with van der Waals surface area (Å²) >= 11 is 0. The van der Waals surface area contributed by atoms with E-state index in [0.29, 0.717) is 0 Å². The maximum atomic E-state index is 10.7. The number of nitrogens with zero attached hydrogens (tertiary/aromatic N) is 1. The van der Waals surface area contributed by atoms with Crippen LogP contribution in [0.4, 0.5) is 0 Å². The molecule has 0 unspecified atom stereocenters. The smallest absolute Gasteiger partial charge is 0.219 e. The molecule has 0 aromatic rings. The van der Waals surface area contributed by atoms with Crippen molar-refractivity contribution in [3.63, 3.8) is 0 Å². The van der Waals surface area contributed by atoms with Crippen LogP contribution in [0.25, 0.3) is 0 Å². The Morgan fingerprint density at radius 2 is 2.18 bits per heavy atom. The largest absolute Gasteiger partial charge is 0.346 e. The van der Waals surface area contributed by atoms with Crippen LogP contribution in [0.2, 0.25) is 0 Å². The van der Waals surface area contributed by atoms with Gasteiger partial charge in [-0.05, 0) is 19.3 Å². The maximum Gasteiger partial charge on any atom is 0.219 e. The molecule has 0 aliphatic rings. The van der Waals surface area contributed by atoms with Gasteiger partial charge in [0, 0.05) is 20.5 Å². The molecule has 2 nitrogen and oxygen atoms in total. The van der Waals surface area contributed by atoms with Crippen molar-refractivity contribution in [1.82, 2.24) is 4.90 Å². The van der Waals surface area contributed by atoms with Gasteiger partial charge in [0.15, 0.2) is 0 Å². The number of allylic oxidation sites excluding steroid dienone is 1. The molecule has 0 aromatic heterocycles. The van der Waals surface area contributed by atoms with Crippen LogP contribution in [0.5, 0.6) is 0 Å². The molecule has 0 bridgehead atoms. The Labute approximate surface area is 68.9 Å². The molecule has 0 aliphatic heterocycles. The Bertz CT molecular complexity index is 132. The van der Waals surface area contributed by atoms with E-state index in [1.165, 1.54) is 0 Å². The minimum atomic E-state index is 0.142. The van der Waals surface area contributed by atoms with Crippen LogP contribution in [0.3, 0.4) is 0 Å². The van der Waals surface area contributed by atoms with Crippen molar-refractivity contribution in [2.75, 3.05) is 13.6 Å². The second kappa shape index (κ2) is 5.96. The summed E-state index contributed by atoms with van der Waals surface area (Å²) in [5.74, 6) is 0.142. The van der Waals surface area contributed by atoms with Crippen LogP contribution in [-0.2, 0) is 4.79 Å². The summed E-state index contributed by atoms with van der Waals surface area (Å²) in [5, 5.41) is 0. The molecule has 0 rings (SSSR count). The van der Waals surface area contributed by atoms with Crippen molar-refractivity contribution < 1.29 is 4.79 Å². The Morgan fingerprint density at radius 3 is 2.64 bits per heavy atom. The molecule has 0 spiro atoms. The van der Waals surface area contributed by atoms with Crippen LogP contribution < -0.4 is 0 Å². The molecule has 0 saturated carbocycles. The van der Waals surface area contributed by atoms with Gasteiger partial charge in [-0.3, -0.25) is 4.79 Å². The maximum absolute atomic E-state index is 10.7. The minimum absolute atomic E-state index is 0.142. The fourth-order valence-electron chi connectivity index (χ4n) is 0.795. The number of carbonyl (C=O) groups is 1. The van der Waals surface area contributed by atoms with E-state index in [1.807, 2.05) is 13.1 Å². The molecule has 1 amide bonds.